The predicted octanol–water partition coefficient (Wildman–Crippen LogP) is -1.54. The molecule has 1 atom stereocenters. The second-order valence-electron chi connectivity index (χ2n) is 0.942. The lowest BCUT2D eigenvalue weighted by Gasteiger charge is -1.96. The number of nitrogens with two attached hydrogens (primary N) is 1. The van der Waals surface area contributed by atoms with Gasteiger partial charge >= 0.3 is 0 Å². The molecule has 1 radical (unpaired) electrons. The van der Waals surface area contributed by atoms with Crippen molar-refractivity contribution in [2.45, 2.75) is 6.10 Å². The molecule has 0 saturated heterocycles. The summed E-state index contributed by atoms with van der Waals surface area (Å²) in [6.45, 7) is 0.733. The normalized spacial score (nSPS) is 14.5. The first-order valence-corrected chi connectivity index (χ1v) is 1.65. The first-order valence-electron chi connectivity index (χ1n) is 1.65. The standard InChI is InChI=1S/C3H8NO2/c4-1-3(6)2-5/h1,3,5-6H,2,4H2. The number of aliphatic hydroxyl groups is 2. The van der Waals surface area contributed by atoms with Crippen LogP contribution in [-0.2, 0) is 0 Å². The molecule has 0 aliphatic heterocycles. The Balaban J connectivity index is 2.75. The van der Waals surface area contributed by atoms with Crippen molar-refractivity contribution < 1.29 is 10.2 Å². The maximum Gasteiger partial charge on any atom is 0.0937 e. The number of aliphatic hydroxyl groups excluding tert-OH is 2. The number of hydrogen-bond acceptors (Lipinski definition) is 3. The molecule has 0 rings (SSSR count). The Hall–Kier alpha value is -0.120. The van der Waals surface area contributed by atoms with Gasteiger partial charge in [0.05, 0.1) is 19.3 Å². The van der Waals surface area contributed by atoms with E-state index >= 15 is 0 Å². The minimum Gasteiger partial charge on any atom is -0.394 e. The second-order valence-corrected chi connectivity index (χ2v) is 0.942. The fraction of sp³-hybridized carbons (Fsp3) is 0.667. The third kappa shape index (κ3) is 2.14. The molecule has 0 heterocycles. The van der Waals surface area contributed by atoms with Crippen LogP contribution in [0.4, 0.5) is 0 Å². The van der Waals surface area contributed by atoms with Crippen molar-refractivity contribution in [3.8, 4) is 0 Å². The Kier molecular flexibility index (Phi) is 3.02. The van der Waals surface area contributed by atoms with Crippen molar-refractivity contribution in [3.63, 3.8) is 0 Å². The highest BCUT2D eigenvalue weighted by atomic mass is 16.3. The van der Waals surface area contributed by atoms with Crippen molar-refractivity contribution in [3.05, 3.63) is 6.54 Å². The van der Waals surface area contributed by atoms with Gasteiger partial charge < -0.3 is 15.9 Å². The Labute approximate surface area is 36.4 Å². The Morgan fingerprint density at radius 2 is 2.33 bits per heavy atom. The molecule has 6 heavy (non-hydrogen) atoms. The molecule has 0 spiro atoms. The van der Waals surface area contributed by atoms with Gasteiger partial charge in [-0.25, -0.2) is 0 Å². The molecule has 4 N–H and O–H groups in total. The zero-order chi connectivity index (χ0) is 4.99. The monoisotopic (exact) mass is 90.1 g/mol. The maximum absolute atomic E-state index is 8.24. The Morgan fingerprint density at radius 3 is 2.33 bits per heavy atom. The quantitative estimate of drug-likeness (QED) is 0.385. The largest absolute Gasteiger partial charge is 0.394 e. The van der Waals surface area contributed by atoms with Gasteiger partial charge in [0.1, 0.15) is 0 Å². The minimum absolute atomic E-state index is 0.295. The van der Waals surface area contributed by atoms with E-state index in [9.17, 15) is 0 Å². The smallest absolute Gasteiger partial charge is 0.0937 e. The highest BCUT2D eigenvalue weighted by Crippen LogP contribution is 1.75. The fourth-order valence-electron chi connectivity index (χ4n) is 0.0609. The van der Waals surface area contributed by atoms with Gasteiger partial charge in [-0.05, 0) is 0 Å². The molecular formula is C3H8NO2. The molecule has 0 saturated carbocycles. The van der Waals surface area contributed by atoms with E-state index in [2.05, 4.69) is 0 Å². The average Bonchev–Trinajstić information content (AvgIpc) is 1.65. The molecule has 3 heteroatoms. The summed E-state index contributed by atoms with van der Waals surface area (Å²) in [6, 6.07) is 0. The molecule has 0 aromatic rings. The maximum atomic E-state index is 8.24. The molecule has 1 unspecified atom stereocenters. The molecule has 37 valence electrons. The van der Waals surface area contributed by atoms with Gasteiger partial charge in [0, 0.05) is 0 Å². The number of hydrogen-bond donors (Lipinski definition) is 3. The first-order chi connectivity index (χ1) is 2.81. The summed E-state index contributed by atoms with van der Waals surface area (Å²) in [5, 5.41) is 16.2. The molecule has 0 amide bonds. The molecule has 0 aliphatic carbocycles. The summed E-state index contributed by atoms with van der Waals surface area (Å²) >= 11 is 0. The molecular weight excluding hydrogens is 82.0 g/mol. The van der Waals surface area contributed by atoms with Crippen LogP contribution in [0.15, 0.2) is 0 Å². The van der Waals surface area contributed by atoms with E-state index in [1.165, 1.54) is 0 Å². The minimum atomic E-state index is -0.856. The van der Waals surface area contributed by atoms with Gasteiger partial charge in [0.2, 0.25) is 0 Å². The van der Waals surface area contributed by atoms with Gasteiger partial charge in [-0.1, -0.05) is 0 Å². The van der Waals surface area contributed by atoms with E-state index < -0.39 is 6.10 Å². The summed E-state index contributed by atoms with van der Waals surface area (Å²) in [5.74, 6) is 0. The summed E-state index contributed by atoms with van der Waals surface area (Å²) in [6.07, 6.45) is -0.856. The summed E-state index contributed by atoms with van der Waals surface area (Å²) in [5.41, 5.74) is 4.75. The van der Waals surface area contributed by atoms with Crippen LogP contribution in [-0.4, -0.2) is 22.9 Å². The average molecular weight is 90.1 g/mol. The van der Waals surface area contributed by atoms with Crippen molar-refractivity contribution in [1.82, 2.24) is 0 Å². The third-order valence-electron chi connectivity index (χ3n) is 0.409. The molecule has 3 nitrogen and oxygen atoms in total. The zero-order valence-corrected chi connectivity index (χ0v) is 3.33. The van der Waals surface area contributed by atoms with Gasteiger partial charge in [-0.15, -0.1) is 0 Å². The van der Waals surface area contributed by atoms with Gasteiger partial charge in [0.25, 0.3) is 0 Å². The number of rotatable bonds is 2. The molecule has 0 fully saturated rings. The summed E-state index contributed by atoms with van der Waals surface area (Å²) in [7, 11) is 0. The van der Waals surface area contributed by atoms with Gasteiger partial charge in [-0.3, -0.25) is 0 Å². The summed E-state index contributed by atoms with van der Waals surface area (Å²) < 4.78 is 0. The highest BCUT2D eigenvalue weighted by Gasteiger charge is 1.93. The Bertz CT molecular complexity index is 28.0. The second kappa shape index (κ2) is 3.08. The van der Waals surface area contributed by atoms with Crippen LogP contribution in [0.1, 0.15) is 0 Å². The van der Waals surface area contributed by atoms with Crippen LogP contribution in [0.5, 0.6) is 0 Å². The summed E-state index contributed by atoms with van der Waals surface area (Å²) in [4.78, 5) is 0. The van der Waals surface area contributed by atoms with Crippen LogP contribution in [0.2, 0.25) is 0 Å². The highest BCUT2D eigenvalue weighted by molar-refractivity contribution is 4.64. The zero-order valence-electron chi connectivity index (χ0n) is 3.33. The van der Waals surface area contributed by atoms with E-state index in [-0.39, 0.29) is 6.61 Å². The van der Waals surface area contributed by atoms with E-state index in [0.29, 0.717) is 0 Å². The SMILES string of the molecule is N[CH]C(O)CO. The van der Waals surface area contributed by atoms with Crippen molar-refractivity contribution in [2.75, 3.05) is 6.61 Å². The molecule has 0 aromatic heterocycles. The molecule has 0 aliphatic rings. The lowest BCUT2D eigenvalue weighted by atomic mass is 10.4. The van der Waals surface area contributed by atoms with Crippen LogP contribution < -0.4 is 5.73 Å². The van der Waals surface area contributed by atoms with Crippen molar-refractivity contribution >= 4 is 0 Å². The molecule has 0 aromatic carbocycles. The Morgan fingerprint density at radius 1 is 1.83 bits per heavy atom. The first kappa shape index (κ1) is 5.88. The van der Waals surface area contributed by atoms with E-state index in [0.717, 1.165) is 6.54 Å². The molecule has 0 bridgehead atoms. The van der Waals surface area contributed by atoms with E-state index in [1.807, 2.05) is 0 Å². The van der Waals surface area contributed by atoms with Gasteiger partial charge in [-0.2, -0.15) is 0 Å². The van der Waals surface area contributed by atoms with Gasteiger partial charge in [0.15, 0.2) is 0 Å². The predicted molar refractivity (Wildman–Crippen MR) is 21.6 cm³/mol. The lowest BCUT2D eigenvalue weighted by Crippen LogP contribution is -2.16. The van der Waals surface area contributed by atoms with Crippen molar-refractivity contribution in [2.24, 2.45) is 5.73 Å². The fourth-order valence-corrected chi connectivity index (χ4v) is 0.0609. The topological polar surface area (TPSA) is 66.5 Å². The lowest BCUT2D eigenvalue weighted by molar-refractivity contribution is 0.118. The van der Waals surface area contributed by atoms with E-state index in [4.69, 9.17) is 15.9 Å². The van der Waals surface area contributed by atoms with Crippen LogP contribution in [0.25, 0.3) is 0 Å². The van der Waals surface area contributed by atoms with Crippen molar-refractivity contribution in [1.29, 1.82) is 0 Å². The van der Waals surface area contributed by atoms with Crippen LogP contribution >= 0.6 is 0 Å². The van der Waals surface area contributed by atoms with E-state index in [1.54, 1.807) is 0 Å². The third-order valence-corrected chi connectivity index (χ3v) is 0.409. The van der Waals surface area contributed by atoms with Crippen LogP contribution in [0.3, 0.4) is 0 Å². The van der Waals surface area contributed by atoms with Crippen LogP contribution in [0, 0.1) is 6.54 Å².